The van der Waals surface area contributed by atoms with Crippen LogP contribution in [-0.2, 0) is 17.6 Å². The third kappa shape index (κ3) is 4.74. The first kappa shape index (κ1) is 16.8. The number of nitrogens with one attached hydrogen (secondary N) is 2. The number of hydrogen-bond acceptors (Lipinski definition) is 2. The highest BCUT2D eigenvalue weighted by atomic mass is 32.2. The molecule has 1 aliphatic carbocycles. The maximum atomic E-state index is 12.2. The van der Waals surface area contributed by atoms with E-state index in [4.69, 9.17) is 0 Å². The number of fused-ring (bicyclic) bond motifs is 1. The fourth-order valence-electron chi connectivity index (χ4n) is 3.83. The van der Waals surface area contributed by atoms with Gasteiger partial charge in [-0.1, -0.05) is 13.0 Å². The zero-order valence-corrected chi connectivity index (χ0v) is 15.0. The molecular weight excluding hydrogens is 304 g/mol. The second kappa shape index (κ2) is 8.20. The predicted octanol–water partition coefficient (Wildman–Crippen LogP) is 1.84. The van der Waals surface area contributed by atoms with Gasteiger partial charge in [0.25, 0.3) is 0 Å². The van der Waals surface area contributed by atoms with Crippen molar-refractivity contribution in [3.05, 3.63) is 29.3 Å². The van der Waals surface area contributed by atoms with Gasteiger partial charge in [0.2, 0.25) is 5.91 Å². The molecule has 0 saturated carbocycles. The molecule has 0 radical (unpaired) electrons. The fourth-order valence-corrected chi connectivity index (χ4v) is 4.60. The van der Waals surface area contributed by atoms with Crippen molar-refractivity contribution in [2.24, 2.45) is 0 Å². The molecule has 1 heterocycles. The van der Waals surface area contributed by atoms with Crippen molar-refractivity contribution in [1.29, 1.82) is 0 Å². The highest BCUT2D eigenvalue weighted by Gasteiger charge is 2.22. The number of thioether (sulfide) groups is 1. The van der Waals surface area contributed by atoms with Gasteiger partial charge in [0.1, 0.15) is 0 Å². The SMILES string of the molecule is CCC[NH+]1CCC(NC(=O)CSc2ccc3c(c2)CCC3)CC1. The van der Waals surface area contributed by atoms with Crippen LogP contribution in [0.3, 0.4) is 0 Å². The second-order valence-electron chi connectivity index (χ2n) is 6.91. The lowest BCUT2D eigenvalue weighted by Gasteiger charge is -2.29. The molecule has 0 spiro atoms. The van der Waals surface area contributed by atoms with Crippen molar-refractivity contribution in [3.8, 4) is 0 Å². The molecule has 4 heteroatoms. The summed E-state index contributed by atoms with van der Waals surface area (Å²) < 4.78 is 0. The second-order valence-corrected chi connectivity index (χ2v) is 7.96. The van der Waals surface area contributed by atoms with E-state index < -0.39 is 0 Å². The molecule has 126 valence electrons. The highest BCUT2D eigenvalue weighted by molar-refractivity contribution is 8.00. The van der Waals surface area contributed by atoms with Crippen LogP contribution in [0.15, 0.2) is 23.1 Å². The Balaban J connectivity index is 1.40. The number of rotatable bonds is 6. The minimum Gasteiger partial charge on any atom is -0.352 e. The number of piperidine rings is 1. The first-order valence-corrected chi connectivity index (χ1v) is 10.1. The van der Waals surface area contributed by atoms with Crippen molar-refractivity contribution < 1.29 is 9.69 Å². The van der Waals surface area contributed by atoms with E-state index in [1.807, 2.05) is 0 Å². The Bertz CT molecular complexity index is 538. The fraction of sp³-hybridized carbons (Fsp3) is 0.632. The molecule has 23 heavy (non-hydrogen) atoms. The number of hydrogen-bond donors (Lipinski definition) is 2. The molecule has 3 nitrogen and oxygen atoms in total. The quantitative estimate of drug-likeness (QED) is 0.779. The van der Waals surface area contributed by atoms with E-state index in [2.05, 4.69) is 30.4 Å². The van der Waals surface area contributed by atoms with Crippen molar-refractivity contribution >= 4 is 17.7 Å². The molecular formula is C19H29N2OS+. The molecule has 2 aliphatic rings. The van der Waals surface area contributed by atoms with Gasteiger partial charge in [-0.2, -0.15) is 0 Å². The molecule has 0 unspecified atom stereocenters. The van der Waals surface area contributed by atoms with Gasteiger partial charge in [-0.3, -0.25) is 4.79 Å². The van der Waals surface area contributed by atoms with Gasteiger partial charge in [-0.05, 0) is 48.9 Å². The molecule has 3 rings (SSSR count). The van der Waals surface area contributed by atoms with Crippen LogP contribution in [0.5, 0.6) is 0 Å². The molecule has 1 saturated heterocycles. The van der Waals surface area contributed by atoms with Gasteiger partial charge in [0, 0.05) is 23.8 Å². The summed E-state index contributed by atoms with van der Waals surface area (Å²) in [5.41, 5.74) is 2.99. The summed E-state index contributed by atoms with van der Waals surface area (Å²) in [6, 6.07) is 7.10. The van der Waals surface area contributed by atoms with E-state index in [0.29, 0.717) is 11.8 Å². The molecule has 1 aromatic rings. The highest BCUT2D eigenvalue weighted by Crippen LogP contribution is 2.27. The lowest BCUT2D eigenvalue weighted by molar-refractivity contribution is -0.905. The monoisotopic (exact) mass is 333 g/mol. The van der Waals surface area contributed by atoms with E-state index in [-0.39, 0.29) is 5.91 Å². The summed E-state index contributed by atoms with van der Waals surface area (Å²) in [5, 5.41) is 3.23. The number of amides is 1. The van der Waals surface area contributed by atoms with Crippen molar-refractivity contribution in [2.75, 3.05) is 25.4 Å². The molecule has 1 amide bonds. The molecule has 0 bridgehead atoms. The van der Waals surface area contributed by atoms with Crippen molar-refractivity contribution in [2.45, 2.75) is 56.4 Å². The smallest absolute Gasteiger partial charge is 0.230 e. The average Bonchev–Trinajstić information content (AvgIpc) is 3.03. The van der Waals surface area contributed by atoms with E-state index >= 15 is 0 Å². The van der Waals surface area contributed by atoms with E-state index in [1.165, 1.54) is 61.3 Å². The third-order valence-electron chi connectivity index (χ3n) is 5.10. The third-order valence-corrected chi connectivity index (χ3v) is 6.10. The molecule has 1 fully saturated rings. The summed E-state index contributed by atoms with van der Waals surface area (Å²) in [6.07, 6.45) is 7.22. The predicted molar refractivity (Wildman–Crippen MR) is 96.2 cm³/mol. The minimum absolute atomic E-state index is 0.194. The first-order valence-electron chi connectivity index (χ1n) is 9.12. The summed E-state index contributed by atoms with van der Waals surface area (Å²) in [6.45, 7) is 5.93. The molecule has 2 N–H and O–H groups in total. The van der Waals surface area contributed by atoms with Crippen LogP contribution in [0, 0.1) is 0 Å². The van der Waals surface area contributed by atoms with Gasteiger partial charge in [0.05, 0.1) is 25.4 Å². The maximum Gasteiger partial charge on any atom is 0.230 e. The van der Waals surface area contributed by atoms with Gasteiger partial charge in [0.15, 0.2) is 0 Å². The molecule has 1 aromatic carbocycles. The Morgan fingerprint density at radius 3 is 2.83 bits per heavy atom. The summed E-state index contributed by atoms with van der Waals surface area (Å²) in [4.78, 5) is 15.1. The van der Waals surface area contributed by atoms with Crippen LogP contribution < -0.4 is 10.2 Å². The summed E-state index contributed by atoms with van der Waals surface area (Å²) in [7, 11) is 0. The minimum atomic E-state index is 0.194. The Hall–Kier alpha value is -1.00. The number of benzene rings is 1. The molecule has 0 atom stereocenters. The van der Waals surface area contributed by atoms with Gasteiger partial charge >= 0.3 is 0 Å². The van der Waals surface area contributed by atoms with Gasteiger partial charge in [-0.15, -0.1) is 11.8 Å². The normalized spacial score (nSPS) is 23.5. The van der Waals surface area contributed by atoms with Crippen LogP contribution in [-0.4, -0.2) is 37.3 Å². The number of carbonyl (C=O) groups is 1. The average molecular weight is 334 g/mol. The van der Waals surface area contributed by atoms with Crippen LogP contribution in [0.2, 0.25) is 0 Å². The van der Waals surface area contributed by atoms with E-state index in [0.717, 1.165) is 12.8 Å². The van der Waals surface area contributed by atoms with Crippen LogP contribution >= 0.6 is 11.8 Å². The maximum absolute atomic E-state index is 12.2. The standard InChI is InChI=1S/C19H28N2OS/c1-2-10-21-11-8-17(9-12-21)20-19(22)14-23-18-7-6-15-4-3-5-16(15)13-18/h6-7,13,17H,2-5,8-12,14H2,1H3,(H,20,22)/p+1. The van der Waals surface area contributed by atoms with Crippen molar-refractivity contribution in [3.63, 3.8) is 0 Å². The Morgan fingerprint density at radius 2 is 2.04 bits per heavy atom. The number of aryl methyl sites for hydroxylation is 2. The molecule has 1 aliphatic heterocycles. The zero-order chi connectivity index (χ0) is 16.1. The van der Waals surface area contributed by atoms with Crippen LogP contribution in [0.25, 0.3) is 0 Å². The Morgan fingerprint density at radius 1 is 1.26 bits per heavy atom. The number of likely N-dealkylation sites (tertiary alicyclic amines) is 1. The number of quaternary nitrogens is 1. The summed E-state index contributed by atoms with van der Waals surface area (Å²) in [5.74, 6) is 0.736. The van der Waals surface area contributed by atoms with E-state index in [1.54, 1.807) is 16.7 Å². The largest absolute Gasteiger partial charge is 0.352 e. The molecule has 0 aromatic heterocycles. The van der Waals surface area contributed by atoms with Crippen molar-refractivity contribution in [1.82, 2.24) is 5.32 Å². The van der Waals surface area contributed by atoms with Crippen LogP contribution in [0.4, 0.5) is 0 Å². The topological polar surface area (TPSA) is 33.5 Å². The Kier molecular flexibility index (Phi) is 6.01. The summed E-state index contributed by atoms with van der Waals surface area (Å²) >= 11 is 1.67. The number of carbonyl (C=O) groups excluding carboxylic acids is 1. The first-order chi connectivity index (χ1) is 11.2. The van der Waals surface area contributed by atoms with Gasteiger partial charge in [-0.25, -0.2) is 0 Å². The zero-order valence-electron chi connectivity index (χ0n) is 14.2. The van der Waals surface area contributed by atoms with E-state index in [9.17, 15) is 4.79 Å². The lowest BCUT2D eigenvalue weighted by Crippen LogP contribution is -3.13. The Labute approximate surface area is 144 Å². The lowest BCUT2D eigenvalue weighted by atomic mass is 10.1. The van der Waals surface area contributed by atoms with Crippen LogP contribution in [0.1, 0.15) is 43.7 Å². The van der Waals surface area contributed by atoms with Gasteiger partial charge < -0.3 is 10.2 Å².